The summed E-state index contributed by atoms with van der Waals surface area (Å²) in [6.45, 7) is 2.49. The number of carbonyl (C=O) groups excluding carboxylic acids is 1. The number of β-amino-alcohol motifs (C(OH)–C–C–N with tert-alkyl or cyclic N) is 1. The largest absolute Gasteiger partial charge is 0.390 e. The Morgan fingerprint density at radius 3 is 2.94 bits per heavy atom. The molecule has 0 bridgehead atoms. The highest BCUT2D eigenvalue weighted by Gasteiger charge is 2.32. The van der Waals surface area contributed by atoms with Gasteiger partial charge >= 0.3 is 6.03 Å². The van der Waals surface area contributed by atoms with Crippen LogP contribution in [0.25, 0.3) is 0 Å². The Balaban J connectivity index is 1.83. The number of amides is 2. The number of hydrogen-bond donors (Lipinski definition) is 3. The fourth-order valence-electron chi connectivity index (χ4n) is 2.12. The number of likely N-dealkylation sites (N-methyl/N-ethyl adjacent to an activating group) is 1. The molecule has 0 radical (unpaired) electrons. The number of carbonyl (C=O) groups is 1. The van der Waals surface area contributed by atoms with Crippen LogP contribution in [-0.4, -0.2) is 67.6 Å². The Hall–Kier alpha value is -0.850. The average molecular weight is 229 g/mol. The lowest BCUT2D eigenvalue weighted by Crippen LogP contribution is -2.51. The lowest BCUT2D eigenvalue weighted by atomic mass is 10.2. The Morgan fingerprint density at radius 2 is 2.38 bits per heavy atom. The van der Waals surface area contributed by atoms with Gasteiger partial charge in [0.25, 0.3) is 0 Å². The number of hydrogen-bond acceptors (Lipinski definition) is 4. The van der Waals surface area contributed by atoms with Crippen molar-refractivity contribution >= 4 is 6.03 Å². The van der Waals surface area contributed by atoms with Crippen molar-refractivity contribution < 1.29 is 14.6 Å². The smallest absolute Gasteiger partial charge is 0.317 e. The molecule has 0 aromatic heterocycles. The molecular formula is C10H19N3O3. The molecule has 2 aliphatic heterocycles. The van der Waals surface area contributed by atoms with E-state index in [9.17, 15) is 9.90 Å². The van der Waals surface area contributed by atoms with E-state index in [1.807, 2.05) is 0 Å². The molecule has 1 unspecified atom stereocenters. The number of urea groups is 1. The van der Waals surface area contributed by atoms with Gasteiger partial charge in [0.15, 0.2) is 0 Å². The molecule has 92 valence electrons. The summed E-state index contributed by atoms with van der Waals surface area (Å²) in [5.41, 5.74) is 0. The number of aliphatic hydroxyl groups excluding tert-OH is 1. The van der Waals surface area contributed by atoms with Crippen LogP contribution in [-0.2, 0) is 4.74 Å². The number of nitrogens with zero attached hydrogens (tertiary/aromatic N) is 1. The molecule has 2 amide bonds. The van der Waals surface area contributed by atoms with E-state index in [-0.39, 0.29) is 18.1 Å². The fourth-order valence-corrected chi connectivity index (χ4v) is 2.12. The van der Waals surface area contributed by atoms with E-state index in [0.29, 0.717) is 26.3 Å². The Morgan fingerprint density at radius 1 is 1.56 bits per heavy atom. The van der Waals surface area contributed by atoms with Gasteiger partial charge in [-0.1, -0.05) is 0 Å². The second-order valence-electron chi connectivity index (χ2n) is 4.41. The Labute approximate surface area is 94.9 Å². The zero-order chi connectivity index (χ0) is 11.5. The highest BCUT2D eigenvalue weighted by atomic mass is 16.5. The molecule has 2 saturated heterocycles. The van der Waals surface area contributed by atoms with Gasteiger partial charge in [0.2, 0.25) is 0 Å². The van der Waals surface area contributed by atoms with E-state index in [0.717, 1.165) is 6.42 Å². The predicted molar refractivity (Wildman–Crippen MR) is 58.2 cm³/mol. The van der Waals surface area contributed by atoms with Crippen molar-refractivity contribution in [3.63, 3.8) is 0 Å². The topological polar surface area (TPSA) is 73.8 Å². The minimum Gasteiger partial charge on any atom is -0.390 e. The number of ether oxygens (including phenoxy) is 1. The van der Waals surface area contributed by atoms with Crippen LogP contribution in [0.1, 0.15) is 6.42 Å². The minimum absolute atomic E-state index is 0.112. The van der Waals surface area contributed by atoms with E-state index < -0.39 is 6.10 Å². The van der Waals surface area contributed by atoms with Gasteiger partial charge in [-0.25, -0.2) is 4.79 Å². The van der Waals surface area contributed by atoms with Crippen LogP contribution < -0.4 is 10.6 Å². The number of aliphatic hydroxyl groups is 1. The highest BCUT2D eigenvalue weighted by molar-refractivity contribution is 5.74. The maximum atomic E-state index is 11.9. The normalized spacial score (nSPS) is 34.0. The number of rotatable bonds is 2. The molecule has 16 heavy (non-hydrogen) atoms. The molecule has 0 aliphatic carbocycles. The summed E-state index contributed by atoms with van der Waals surface area (Å²) in [6, 6.07) is -0.160. The summed E-state index contributed by atoms with van der Waals surface area (Å²) in [5, 5.41) is 15.6. The van der Waals surface area contributed by atoms with Crippen LogP contribution in [0.4, 0.5) is 4.79 Å². The van der Waals surface area contributed by atoms with Gasteiger partial charge in [-0.3, -0.25) is 0 Å². The molecule has 2 fully saturated rings. The molecule has 3 N–H and O–H groups in total. The molecule has 2 rings (SSSR count). The van der Waals surface area contributed by atoms with Crippen LogP contribution in [0.3, 0.4) is 0 Å². The zero-order valence-corrected chi connectivity index (χ0v) is 9.48. The summed E-state index contributed by atoms with van der Waals surface area (Å²) in [5.74, 6) is 0. The van der Waals surface area contributed by atoms with Crippen LogP contribution in [0.5, 0.6) is 0 Å². The van der Waals surface area contributed by atoms with Crippen molar-refractivity contribution in [1.82, 2.24) is 15.5 Å². The third-order valence-corrected chi connectivity index (χ3v) is 3.23. The second kappa shape index (κ2) is 4.99. The molecule has 2 heterocycles. The van der Waals surface area contributed by atoms with E-state index in [1.54, 1.807) is 11.9 Å². The highest BCUT2D eigenvalue weighted by Crippen LogP contribution is 2.09. The van der Waals surface area contributed by atoms with Crippen molar-refractivity contribution in [3.8, 4) is 0 Å². The Bertz CT molecular complexity index is 256. The van der Waals surface area contributed by atoms with Crippen molar-refractivity contribution in [2.45, 2.75) is 24.6 Å². The average Bonchev–Trinajstić information content (AvgIpc) is 2.88. The first kappa shape index (κ1) is 11.6. The molecule has 0 aromatic carbocycles. The van der Waals surface area contributed by atoms with Crippen LogP contribution in [0, 0.1) is 0 Å². The third kappa shape index (κ3) is 2.45. The summed E-state index contributed by atoms with van der Waals surface area (Å²) in [6.07, 6.45) is 0.390. The number of nitrogens with one attached hydrogen (secondary N) is 2. The van der Waals surface area contributed by atoms with Gasteiger partial charge in [-0.05, 0) is 6.42 Å². The van der Waals surface area contributed by atoms with Crippen molar-refractivity contribution in [2.75, 3.05) is 33.4 Å². The molecule has 0 aromatic rings. The summed E-state index contributed by atoms with van der Waals surface area (Å²) >= 11 is 0. The van der Waals surface area contributed by atoms with Crippen molar-refractivity contribution in [1.29, 1.82) is 0 Å². The molecule has 2 aliphatic rings. The first-order valence-corrected chi connectivity index (χ1v) is 5.68. The monoisotopic (exact) mass is 229 g/mol. The first-order valence-electron chi connectivity index (χ1n) is 5.68. The quantitative estimate of drug-likeness (QED) is 0.553. The Kier molecular flexibility index (Phi) is 3.63. The predicted octanol–water partition coefficient (Wildman–Crippen LogP) is -1.25. The van der Waals surface area contributed by atoms with Gasteiger partial charge in [0.05, 0.1) is 24.8 Å². The van der Waals surface area contributed by atoms with Crippen LogP contribution in [0.15, 0.2) is 0 Å². The SMILES string of the molecule is CN(C(=O)NC1CCOC1)[C@H]1CNC[C@@H]1O. The first-order chi connectivity index (χ1) is 7.68. The summed E-state index contributed by atoms with van der Waals surface area (Å²) in [4.78, 5) is 13.4. The summed E-state index contributed by atoms with van der Waals surface area (Å²) < 4.78 is 5.19. The second-order valence-corrected chi connectivity index (χ2v) is 4.41. The maximum Gasteiger partial charge on any atom is 0.317 e. The van der Waals surface area contributed by atoms with E-state index >= 15 is 0 Å². The van der Waals surface area contributed by atoms with E-state index in [1.165, 1.54) is 0 Å². The lowest BCUT2D eigenvalue weighted by Gasteiger charge is -2.27. The van der Waals surface area contributed by atoms with Gasteiger partial charge in [-0.15, -0.1) is 0 Å². The maximum absolute atomic E-state index is 11.9. The molecule has 6 heteroatoms. The van der Waals surface area contributed by atoms with Crippen molar-refractivity contribution in [3.05, 3.63) is 0 Å². The van der Waals surface area contributed by atoms with Crippen LogP contribution >= 0.6 is 0 Å². The van der Waals surface area contributed by atoms with Gasteiger partial charge in [0, 0.05) is 26.7 Å². The van der Waals surface area contributed by atoms with Crippen molar-refractivity contribution in [2.24, 2.45) is 0 Å². The molecular weight excluding hydrogens is 210 g/mol. The van der Waals surface area contributed by atoms with Gasteiger partial charge < -0.3 is 25.4 Å². The zero-order valence-electron chi connectivity index (χ0n) is 9.48. The molecule has 3 atom stereocenters. The summed E-state index contributed by atoms with van der Waals surface area (Å²) in [7, 11) is 1.71. The molecule has 6 nitrogen and oxygen atoms in total. The van der Waals surface area contributed by atoms with Gasteiger partial charge in [0.1, 0.15) is 0 Å². The van der Waals surface area contributed by atoms with Crippen LogP contribution in [0.2, 0.25) is 0 Å². The lowest BCUT2D eigenvalue weighted by molar-refractivity contribution is 0.108. The van der Waals surface area contributed by atoms with Gasteiger partial charge in [-0.2, -0.15) is 0 Å². The van der Waals surface area contributed by atoms with E-state index in [2.05, 4.69) is 10.6 Å². The van der Waals surface area contributed by atoms with E-state index in [4.69, 9.17) is 4.74 Å². The standard InChI is InChI=1S/C10H19N3O3/c1-13(8-4-11-5-9(8)14)10(15)12-7-2-3-16-6-7/h7-9,11,14H,2-6H2,1H3,(H,12,15)/t7?,8-,9-/m0/s1. The fraction of sp³-hybridized carbons (Fsp3) is 0.900. The third-order valence-electron chi connectivity index (χ3n) is 3.23. The molecule has 0 saturated carbocycles. The molecule has 0 spiro atoms. The minimum atomic E-state index is -0.476.